The van der Waals surface area contributed by atoms with E-state index in [-0.39, 0.29) is 48.8 Å². The van der Waals surface area contributed by atoms with Gasteiger partial charge in [0.25, 0.3) is 0 Å². The molecule has 7 heteroatoms. The van der Waals surface area contributed by atoms with Crippen molar-refractivity contribution >= 4 is 24.2 Å². The number of amides is 2. The van der Waals surface area contributed by atoms with Gasteiger partial charge < -0.3 is 20.7 Å². The van der Waals surface area contributed by atoms with Crippen LogP contribution in [0, 0.1) is 5.92 Å². The second kappa shape index (κ2) is 9.97. The molecule has 0 aromatic heterocycles. The van der Waals surface area contributed by atoms with Crippen LogP contribution in [0.25, 0.3) is 0 Å². The molecule has 124 valence electrons. The smallest absolute Gasteiger partial charge is 0.246 e. The number of hydrogen-bond acceptors (Lipinski definition) is 4. The Balaban J connectivity index is 0.00000400. The van der Waals surface area contributed by atoms with Gasteiger partial charge in [-0.25, -0.2) is 0 Å². The van der Waals surface area contributed by atoms with Crippen molar-refractivity contribution in [3.63, 3.8) is 0 Å². The molecule has 0 radical (unpaired) electrons. The first-order valence-corrected chi connectivity index (χ1v) is 7.27. The summed E-state index contributed by atoms with van der Waals surface area (Å²) in [5.41, 5.74) is 0. The molecule has 0 aromatic rings. The molecule has 2 unspecified atom stereocenters. The Morgan fingerprint density at radius 3 is 2.57 bits per heavy atom. The van der Waals surface area contributed by atoms with Crippen molar-refractivity contribution in [1.82, 2.24) is 16.0 Å². The number of rotatable bonds is 6. The van der Waals surface area contributed by atoms with Crippen LogP contribution in [-0.2, 0) is 14.3 Å². The van der Waals surface area contributed by atoms with Crippen LogP contribution in [0.1, 0.15) is 33.6 Å². The Bertz CT molecular complexity index is 339. The first-order chi connectivity index (χ1) is 9.45. The standard InChI is InChI=1S/C14H27N3O3.ClH/c1-9(2)13(17-12(18)8-20-4)14(19)16-11-6-5-7-15-10(11)3;/h9-11,13,15H,5-8H2,1-4H3,(H,16,19)(H,17,18);1H/t10?,11?,13-;/m0./s1. The van der Waals surface area contributed by atoms with E-state index in [1.54, 1.807) is 0 Å². The van der Waals surface area contributed by atoms with Gasteiger partial charge in [-0.1, -0.05) is 13.8 Å². The molecule has 3 N–H and O–H groups in total. The summed E-state index contributed by atoms with van der Waals surface area (Å²) in [7, 11) is 1.46. The van der Waals surface area contributed by atoms with Crippen LogP contribution in [0.5, 0.6) is 0 Å². The first-order valence-electron chi connectivity index (χ1n) is 7.27. The molecule has 2 amide bonds. The van der Waals surface area contributed by atoms with Crippen LogP contribution in [-0.4, -0.2) is 50.2 Å². The van der Waals surface area contributed by atoms with Crippen molar-refractivity contribution in [2.24, 2.45) is 5.92 Å². The molecule has 1 fully saturated rings. The molecule has 1 heterocycles. The van der Waals surface area contributed by atoms with E-state index in [9.17, 15) is 9.59 Å². The molecule has 1 saturated heterocycles. The third kappa shape index (κ3) is 6.63. The summed E-state index contributed by atoms with van der Waals surface area (Å²) in [6.07, 6.45) is 2.02. The second-order valence-electron chi connectivity index (χ2n) is 5.72. The van der Waals surface area contributed by atoms with Crippen LogP contribution in [0.4, 0.5) is 0 Å². The van der Waals surface area contributed by atoms with E-state index < -0.39 is 6.04 Å². The zero-order valence-electron chi connectivity index (χ0n) is 13.3. The number of piperidine rings is 1. The lowest BCUT2D eigenvalue weighted by atomic mass is 9.97. The lowest BCUT2D eigenvalue weighted by Gasteiger charge is -2.32. The van der Waals surface area contributed by atoms with Gasteiger partial charge in [-0.15, -0.1) is 12.4 Å². The van der Waals surface area contributed by atoms with Gasteiger partial charge in [0, 0.05) is 19.2 Å². The molecule has 1 rings (SSSR count). The molecule has 0 saturated carbocycles. The van der Waals surface area contributed by atoms with E-state index in [2.05, 4.69) is 22.9 Å². The van der Waals surface area contributed by atoms with Gasteiger partial charge in [-0.05, 0) is 32.2 Å². The fourth-order valence-electron chi connectivity index (χ4n) is 2.39. The number of carbonyl (C=O) groups is 2. The maximum absolute atomic E-state index is 12.3. The normalized spacial score (nSPS) is 23.1. The number of nitrogens with one attached hydrogen (secondary N) is 3. The van der Waals surface area contributed by atoms with Gasteiger partial charge in [0.1, 0.15) is 12.6 Å². The summed E-state index contributed by atoms with van der Waals surface area (Å²) in [5, 5.41) is 9.11. The largest absolute Gasteiger partial charge is 0.375 e. The SMILES string of the molecule is COCC(=O)N[C@H](C(=O)NC1CCCNC1C)C(C)C.Cl. The summed E-state index contributed by atoms with van der Waals surface area (Å²) in [4.78, 5) is 23.9. The van der Waals surface area contributed by atoms with Gasteiger partial charge in [-0.2, -0.15) is 0 Å². The van der Waals surface area contributed by atoms with E-state index in [0.29, 0.717) is 0 Å². The highest BCUT2D eigenvalue weighted by atomic mass is 35.5. The molecule has 6 nitrogen and oxygen atoms in total. The molecule has 0 aliphatic carbocycles. The zero-order chi connectivity index (χ0) is 15.1. The third-order valence-electron chi connectivity index (χ3n) is 3.63. The topological polar surface area (TPSA) is 79.5 Å². The lowest BCUT2D eigenvalue weighted by Crippen LogP contribution is -2.57. The summed E-state index contributed by atoms with van der Waals surface area (Å²) < 4.78 is 4.78. The molecular weight excluding hydrogens is 294 g/mol. The maximum Gasteiger partial charge on any atom is 0.246 e. The van der Waals surface area contributed by atoms with Crippen LogP contribution in [0.3, 0.4) is 0 Å². The average Bonchev–Trinajstić information content (AvgIpc) is 2.38. The monoisotopic (exact) mass is 321 g/mol. The maximum atomic E-state index is 12.3. The summed E-state index contributed by atoms with van der Waals surface area (Å²) in [6.45, 7) is 6.86. The first kappa shape index (κ1) is 20.1. The third-order valence-corrected chi connectivity index (χ3v) is 3.63. The van der Waals surface area contributed by atoms with E-state index in [4.69, 9.17) is 4.74 Å². The highest BCUT2D eigenvalue weighted by Crippen LogP contribution is 2.10. The number of halogens is 1. The van der Waals surface area contributed by atoms with Crippen molar-refractivity contribution in [3.05, 3.63) is 0 Å². The summed E-state index contributed by atoms with van der Waals surface area (Å²) >= 11 is 0. The van der Waals surface area contributed by atoms with E-state index >= 15 is 0 Å². The van der Waals surface area contributed by atoms with Crippen molar-refractivity contribution in [1.29, 1.82) is 0 Å². The molecule has 21 heavy (non-hydrogen) atoms. The zero-order valence-corrected chi connectivity index (χ0v) is 14.1. The van der Waals surface area contributed by atoms with Crippen molar-refractivity contribution in [3.8, 4) is 0 Å². The van der Waals surface area contributed by atoms with Gasteiger partial charge in [0.2, 0.25) is 11.8 Å². The fourth-order valence-corrected chi connectivity index (χ4v) is 2.39. The summed E-state index contributed by atoms with van der Waals surface area (Å²) in [5.74, 6) is -0.358. The van der Waals surface area contributed by atoms with E-state index in [1.165, 1.54) is 7.11 Å². The quantitative estimate of drug-likeness (QED) is 0.664. The van der Waals surface area contributed by atoms with Gasteiger partial charge in [0.15, 0.2) is 0 Å². The molecule has 1 aliphatic heterocycles. The Kier molecular flexibility index (Phi) is 9.57. The van der Waals surface area contributed by atoms with Crippen LogP contribution >= 0.6 is 12.4 Å². The second-order valence-corrected chi connectivity index (χ2v) is 5.72. The van der Waals surface area contributed by atoms with Crippen LogP contribution in [0.15, 0.2) is 0 Å². The molecule has 3 atom stereocenters. The molecular formula is C14H28ClN3O3. The van der Waals surface area contributed by atoms with Crippen LogP contribution < -0.4 is 16.0 Å². The number of methoxy groups -OCH3 is 1. The molecule has 1 aliphatic rings. The van der Waals surface area contributed by atoms with Gasteiger partial charge in [0.05, 0.1) is 0 Å². The molecule has 0 aromatic carbocycles. The van der Waals surface area contributed by atoms with Crippen LogP contribution in [0.2, 0.25) is 0 Å². The number of carbonyl (C=O) groups excluding carboxylic acids is 2. The summed E-state index contributed by atoms with van der Waals surface area (Å²) in [6, 6.07) is -0.140. The van der Waals surface area contributed by atoms with Crippen molar-refractivity contribution < 1.29 is 14.3 Å². The Morgan fingerprint density at radius 2 is 2.05 bits per heavy atom. The molecule has 0 spiro atoms. The van der Waals surface area contributed by atoms with E-state index in [0.717, 1.165) is 19.4 Å². The van der Waals surface area contributed by atoms with E-state index in [1.807, 2.05) is 13.8 Å². The van der Waals surface area contributed by atoms with Crippen molar-refractivity contribution in [2.75, 3.05) is 20.3 Å². The highest BCUT2D eigenvalue weighted by Gasteiger charge is 2.28. The average molecular weight is 322 g/mol. The highest BCUT2D eigenvalue weighted by molar-refractivity contribution is 5.88. The lowest BCUT2D eigenvalue weighted by molar-refractivity contribution is -0.132. The van der Waals surface area contributed by atoms with Crippen molar-refractivity contribution in [2.45, 2.75) is 51.7 Å². The Labute approximate surface area is 133 Å². The van der Waals surface area contributed by atoms with Gasteiger partial charge >= 0.3 is 0 Å². The number of ether oxygens (including phenoxy) is 1. The predicted molar refractivity (Wildman–Crippen MR) is 84.5 cm³/mol. The number of hydrogen-bond donors (Lipinski definition) is 3. The van der Waals surface area contributed by atoms with Gasteiger partial charge in [-0.3, -0.25) is 9.59 Å². The minimum atomic E-state index is -0.522. The predicted octanol–water partition coefficient (Wildman–Crippen LogP) is 0.452. The fraction of sp³-hybridized carbons (Fsp3) is 0.857. The Morgan fingerprint density at radius 1 is 1.38 bits per heavy atom. The Hall–Kier alpha value is -0.850. The minimum Gasteiger partial charge on any atom is -0.375 e. The minimum absolute atomic E-state index is 0. The molecule has 0 bridgehead atoms.